The number of hydrogen-bond acceptors (Lipinski definition) is 4. The fourth-order valence-electron chi connectivity index (χ4n) is 2.73. The van der Waals surface area contributed by atoms with Gasteiger partial charge in [0.15, 0.2) is 0 Å². The second-order valence-corrected chi connectivity index (χ2v) is 4.70. The fourth-order valence-corrected chi connectivity index (χ4v) is 2.73. The van der Waals surface area contributed by atoms with Crippen LogP contribution in [0.3, 0.4) is 0 Å². The van der Waals surface area contributed by atoms with Gasteiger partial charge in [0.2, 0.25) is 0 Å². The summed E-state index contributed by atoms with van der Waals surface area (Å²) in [4.78, 5) is 18.6. The Bertz CT molecular complexity index is 463. The summed E-state index contributed by atoms with van der Waals surface area (Å²) in [5, 5.41) is 3.28. The minimum atomic E-state index is -0.214. The predicted molar refractivity (Wildman–Crippen MR) is 63.1 cm³/mol. The van der Waals surface area contributed by atoms with Gasteiger partial charge in [0.1, 0.15) is 0 Å². The molecule has 17 heavy (non-hydrogen) atoms. The first-order valence-electron chi connectivity index (χ1n) is 6.25. The van der Waals surface area contributed by atoms with Gasteiger partial charge in [-0.1, -0.05) is 0 Å². The van der Waals surface area contributed by atoms with Gasteiger partial charge in [-0.05, 0) is 31.4 Å². The SMILES string of the molecule is O=c1nc(C2CCOCC2)c2c([nH]1)CNCC2. The molecule has 92 valence electrons. The highest BCUT2D eigenvalue weighted by molar-refractivity contribution is 5.29. The molecule has 0 atom stereocenters. The van der Waals surface area contributed by atoms with E-state index in [0.29, 0.717) is 5.92 Å². The number of fused-ring (bicyclic) bond motifs is 1. The molecule has 0 spiro atoms. The maximum atomic E-state index is 11.6. The predicted octanol–water partition coefficient (Wildman–Crippen LogP) is 0.310. The zero-order valence-electron chi connectivity index (χ0n) is 9.79. The molecule has 3 rings (SSSR count). The summed E-state index contributed by atoms with van der Waals surface area (Å²) in [7, 11) is 0. The van der Waals surface area contributed by atoms with Crippen molar-refractivity contribution in [1.29, 1.82) is 0 Å². The summed E-state index contributed by atoms with van der Waals surface area (Å²) in [6, 6.07) is 0. The van der Waals surface area contributed by atoms with E-state index >= 15 is 0 Å². The van der Waals surface area contributed by atoms with E-state index in [2.05, 4.69) is 15.3 Å². The molecule has 0 amide bonds. The summed E-state index contributed by atoms with van der Waals surface area (Å²) in [5.74, 6) is 0.401. The maximum Gasteiger partial charge on any atom is 0.345 e. The van der Waals surface area contributed by atoms with Crippen LogP contribution < -0.4 is 11.0 Å². The molecular weight excluding hydrogens is 218 g/mol. The lowest BCUT2D eigenvalue weighted by atomic mass is 9.90. The van der Waals surface area contributed by atoms with Crippen LogP contribution in [0.2, 0.25) is 0 Å². The van der Waals surface area contributed by atoms with E-state index < -0.39 is 0 Å². The van der Waals surface area contributed by atoms with Crippen molar-refractivity contribution in [2.75, 3.05) is 19.8 Å². The van der Waals surface area contributed by atoms with Gasteiger partial charge < -0.3 is 15.0 Å². The van der Waals surface area contributed by atoms with Gasteiger partial charge in [0.05, 0.1) is 5.69 Å². The minimum Gasteiger partial charge on any atom is -0.381 e. The van der Waals surface area contributed by atoms with E-state index in [-0.39, 0.29) is 5.69 Å². The van der Waals surface area contributed by atoms with Crippen LogP contribution in [0, 0.1) is 0 Å². The summed E-state index contributed by atoms with van der Waals surface area (Å²) in [6.07, 6.45) is 2.93. The molecule has 0 unspecified atom stereocenters. The normalized spacial score (nSPS) is 21.2. The van der Waals surface area contributed by atoms with Crippen molar-refractivity contribution in [3.63, 3.8) is 0 Å². The van der Waals surface area contributed by atoms with Crippen LogP contribution in [-0.4, -0.2) is 29.7 Å². The Morgan fingerprint density at radius 1 is 1.29 bits per heavy atom. The van der Waals surface area contributed by atoms with Gasteiger partial charge in [-0.3, -0.25) is 0 Å². The highest BCUT2D eigenvalue weighted by Crippen LogP contribution is 2.29. The number of ether oxygens (including phenoxy) is 1. The summed E-state index contributed by atoms with van der Waals surface area (Å²) >= 11 is 0. The zero-order valence-corrected chi connectivity index (χ0v) is 9.79. The topological polar surface area (TPSA) is 67.0 Å². The van der Waals surface area contributed by atoms with Crippen molar-refractivity contribution in [2.45, 2.75) is 31.7 Å². The first-order chi connectivity index (χ1) is 8.34. The lowest BCUT2D eigenvalue weighted by molar-refractivity contribution is 0.0841. The summed E-state index contributed by atoms with van der Waals surface area (Å²) < 4.78 is 5.37. The van der Waals surface area contributed by atoms with Crippen molar-refractivity contribution in [3.8, 4) is 0 Å². The Kier molecular flexibility index (Phi) is 2.94. The van der Waals surface area contributed by atoms with E-state index in [1.165, 1.54) is 5.56 Å². The maximum absolute atomic E-state index is 11.6. The molecule has 1 fully saturated rings. The van der Waals surface area contributed by atoms with Gasteiger partial charge in [0.25, 0.3) is 0 Å². The second-order valence-electron chi connectivity index (χ2n) is 4.70. The minimum absolute atomic E-state index is 0.214. The second kappa shape index (κ2) is 4.58. The number of nitrogens with zero attached hydrogens (tertiary/aromatic N) is 1. The monoisotopic (exact) mass is 235 g/mol. The standard InChI is InChI=1S/C12H17N3O2/c16-12-14-10-7-13-4-1-9(10)11(15-12)8-2-5-17-6-3-8/h8,13H,1-7H2,(H,14,15,16). The van der Waals surface area contributed by atoms with Crippen LogP contribution in [0.5, 0.6) is 0 Å². The third kappa shape index (κ3) is 2.12. The Morgan fingerprint density at radius 2 is 2.12 bits per heavy atom. The summed E-state index contributed by atoms with van der Waals surface area (Å²) in [6.45, 7) is 3.29. The van der Waals surface area contributed by atoms with Gasteiger partial charge in [-0.25, -0.2) is 4.79 Å². The van der Waals surface area contributed by atoms with Crippen molar-refractivity contribution >= 4 is 0 Å². The molecule has 5 nitrogen and oxygen atoms in total. The van der Waals surface area contributed by atoms with Crippen LogP contribution >= 0.6 is 0 Å². The fraction of sp³-hybridized carbons (Fsp3) is 0.667. The molecule has 1 aromatic rings. The average molecular weight is 235 g/mol. The van der Waals surface area contributed by atoms with E-state index in [9.17, 15) is 4.79 Å². The van der Waals surface area contributed by atoms with Gasteiger partial charge in [-0.2, -0.15) is 4.98 Å². The highest BCUT2D eigenvalue weighted by Gasteiger charge is 2.24. The number of aromatic nitrogens is 2. The van der Waals surface area contributed by atoms with E-state index in [0.717, 1.165) is 57.0 Å². The molecule has 0 aliphatic carbocycles. The zero-order chi connectivity index (χ0) is 11.7. The highest BCUT2D eigenvalue weighted by atomic mass is 16.5. The van der Waals surface area contributed by atoms with E-state index in [1.54, 1.807) is 0 Å². The summed E-state index contributed by atoms with van der Waals surface area (Å²) in [5.41, 5.74) is 3.09. The van der Waals surface area contributed by atoms with Crippen molar-refractivity contribution in [3.05, 3.63) is 27.4 Å². The van der Waals surface area contributed by atoms with Gasteiger partial charge in [-0.15, -0.1) is 0 Å². The molecule has 3 heterocycles. The number of hydrogen-bond donors (Lipinski definition) is 2. The average Bonchev–Trinajstić information content (AvgIpc) is 2.39. The van der Waals surface area contributed by atoms with Crippen molar-refractivity contribution in [1.82, 2.24) is 15.3 Å². The molecular formula is C12H17N3O2. The van der Waals surface area contributed by atoms with Crippen LogP contribution in [0.25, 0.3) is 0 Å². The molecule has 0 radical (unpaired) electrons. The van der Waals surface area contributed by atoms with Crippen molar-refractivity contribution in [2.24, 2.45) is 0 Å². The number of H-pyrrole nitrogens is 1. The molecule has 5 heteroatoms. The molecule has 2 aliphatic heterocycles. The number of aromatic amines is 1. The van der Waals surface area contributed by atoms with Crippen molar-refractivity contribution < 1.29 is 4.74 Å². The van der Waals surface area contributed by atoms with Crippen LogP contribution in [0.4, 0.5) is 0 Å². The largest absolute Gasteiger partial charge is 0.381 e. The van der Waals surface area contributed by atoms with Crippen LogP contribution in [0.15, 0.2) is 4.79 Å². The Hall–Kier alpha value is -1.20. The lowest BCUT2D eigenvalue weighted by Crippen LogP contribution is -2.32. The van der Waals surface area contributed by atoms with Gasteiger partial charge >= 0.3 is 5.69 Å². The smallest absolute Gasteiger partial charge is 0.345 e. The van der Waals surface area contributed by atoms with E-state index in [4.69, 9.17) is 4.74 Å². The number of nitrogens with one attached hydrogen (secondary N) is 2. The number of rotatable bonds is 1. The van der Waals surface area contributed by atoms with E-state index in [1.807, 2.05) is 0 Å². The third-order valence-electron chi connectivity index (χ3n) is 3.61. The quantitative estimate of drug-likeness (QED) is 0.735. The molecule has 0 bridgehead atoms. The molecule has 1 saturated heterocycles. The van der Waals surface area contributed by atoms with Crippen LogP contribution in [-0.2, 0) is 17.7 Å². The van der Waals surface area contributed by atoms with Crippen LogP contribution in [0.1, 0.15) is 35.7 Å². The first kappa shape index (κ1) is 10.9. The Labute approximate surface area is 99.6 Å². The van der Waals surface area contributed by atoms with Gasteiger partial charge in [0, 0.05) is 31.4 Å². The molecule has 0 aromatic carbocycles. The Balaban J connectivity index is 2.01. The lowest BCUT2D eigenvalue weighted by Gasteiger charge is -2.26. The third-order valence-corrected chi connectivity index (χ3v) is 3.61. The molecule has 2 N–H and O–H groups in total. The Morgan fingerprint density at radius 3 is 2.94 bits per heavy atom. The first-order valence-corrected chi connectivity index (χ1v) is 6.25. The molecule has 2 aliphatic rings. The molecule has 0 saturated carbocycles. The molecule has 1 aromatic heterocycles.